The minimum absolute atomic E-state index is 0.397. The van der Waals surface area contributed by atoms with E-state index in [0.717, 1.165) is 29.4 Å². The second-order valence-corrected chi connectivity index (χ2v) is 5.77. The molecule has 6 heteroatoms. The van der Waals surface area contributed by atoms with Crippen molar-refractivity contribution in [1.82, 2.24) is 20.0 Å². The van der Waals surface area contributed by atoms with Gasteiger partial charge in [-0.25, -0.2) is 4.98 Å². The molecule has 21 heavy (non-hydrogen) atoms. The van der Waals surface area contributed by atoms with Gasteiger partial charge in [-0.1, -0.05) is 35.0 Å². The quantitative estimate of drug-likeness (QED) is 0.784. The minimum Gasteiger partial charge on any atom is -0.325 e. The van der Waals surface area contributed by atoms with Crippen molar-refractivity contribution in [1.29, 1.82) is 0 Å². The number of aryl methyl sites for hydroxylation is 2. The molecule has 3 aromatic rings. The van der Waals surface area contributed by atoms with Crippen LogP contribution >= 0.6 is 11.3 Å². The van der Waals surface area contributed by atoms with E-state index in [0.29, 0.717) is 6.54 Å². The van der Waals surface area contributed by atoms with Crippen LogP contribution in [0.5, 0.6) is 0 Å². The second-order valence-electron chi connectivity index (χ2n) is 4.90. The summed E-state index contributed by atoms with van der Waals surface area (Å²) in [4.78, 5) is 4.30. The lowest BCUT2D eigenvalue weighted by Crippen LogP contribution is -2.07. The van der Waals surface area contributed by atoms with Crippen LogP contribution in [0.25, 0.3) is 5.13 Å². The predicted molar refractivity (Wildman–Crippen MR) is 83.5 cm³/mol. The fourth-order valence-corrected chi connectivity index (χ4v) is 2.84. The first-order chi connectivity index (χ1) is 10.3. The van der Waals surface area contributed by atoms with E-state index >= 15 is 0 Å². The van der Waals surface area contributed by atoms with Gasteiger partial charge in [-0.2, -0.15) is 4.68 Å². The van der Waals surface area contributed by atoms with Gasteiger partial charge < -0.3 is 5.73 Å². The predicted octanol–water partition coefficient (Wildman–Crippen LogP) is 2.28. The summed E-state index contributed by atoms with van der Waals surface area (Å²) in [5.74, 6) is 0. The third-order valence-corrected chi connectivity index (χ3v) is 4.16. The highest BCUT2D eigenvalue weighted by atomic mass is 32.1. The van der Waals surface area contributed by atoms with Crippen LogP contribution in [0.4, 0.5) is 0 Å². The maximum atomic E-state index is 5.77. The van der Waals surface area contributed by atoms with E-state index in [9.17, 15) is 0 Å². The van der Waals surface area contributed by atoms with Crippen molar-refractivity contribution < 1.29 is 0 Å². The van der Waals surface area contributed by atoms with E-state index in [4.69, 9.17) is 5.73 Å². The lowest BCUT2D eigenvalue weighted by atomic mass is 10.1. The molecule has 2 aromatic heterocycles. The molecule has 0 unspecified atom stereocenters. The van der Waals surface area contributed by atoms with E-state index in [1.165, 1.54) is 11.1 Å². The van der Waals surface area contributed by atoms with Crippen molar-refractivity contribution >= 4 is 11.3 Å². The number of nitrogens with two attached hydrogens (primary N) is 1. The molecule has 0 aliphatic carbocycles. The Bertz CT molecular complexity index is 700. The van der Waals surface area contributed by atoms with E-state index < -0.39 is 0 Å². The molecule has 0 amide bonds. The topological polar surface area (TPSA) is 69.6 Å². The largest absolute Gasteiger partial charge is 0.325 e. The van der Waals surface area contributed by atoms with Crippen molar-refractivity contribution in [2.75, 3.05) is 0 Å². The lowest BCUT2D eigenvalue weighted by Gasteiger charge is -2.06. The van der Waals surface area contributed by atoms with Crippen LogP contribution in [0.2, 0.25) is 0 Å². The van der Waals surface area contributed by atoms with Crippen LogP contribution in [0, 0.1) is 6.92 Å². The summed E-state index contributed by atoms with van der Waals surface area (Å²) in [6.45, 7) is 2.49. The first-order valence-corrected chi connectivity index (χ1v) is 7.75. The Kier molecular flexibility index (Phi) is 4.08. The number of nitrogens with zero attached hydrogens (tertiary/aromatic N) is 4. The SMILES string of the molecule is Cc1ccc(CCc2c(CN)nnn2-c2nccs2)cc1. The number of hydrogen-bond donors (Lipinski definition) is 1. The van der Waals surface area contributed by atoms with E-state index in [2.05, 4.69) is 46.5 Å². The van der Waals surface area contributed by atoms with Crippen LogP contribution in [0.3, 0.4) is 0 Å². The Hall–Kier alpha value is -2.05. The third-order valence-electron chi connectivity index (χ3n) is 3.41. The molecule has 0 spiro atoms. The smallest absolute Gasteiger partial charge is 0.211 e. The van der Waals surface area contributed by atoms with E-state index in [-0.39, 0.29) is 0 Å². The summed E-state index contributed by atoms with van der Waals surface area (Å²) in [7, 11) is 0. The number of benzene rings is 1. The summed E-state index contributed by atoms with van der Waals surface area (Å²) >= 11 is 1.55. The highest BCUT2D eigenvalue weighted by molar-refractivity contribution is 7.12. The zero-order valence-electron chi connectivity index (χ0n) is 11.9. The van der Waals surface area contributed by atoms with Crippen LogP contribution in [-0.4, -0.2) is 20.0 Å². The van der Waals surface area contributed by atoms with Crippen LogP contribution in [0.1, 0.15) is 22.5 Å². The van der Waals surface area contributed by atoms with Crippen molar-refractivity contribution in [2.45, 2.75) is 26.3 Å². The average molecular weight is 299 g/mol. The fraction of sp³-hybridized carbons (Fsp3) is 0.267. The lowest BCUT2D eigenvalue weighted by molar-refractivity contribution is 0.747. The van der Waals surface area contributed by atoms with Gasteiger partial charge in [0.05, 0.1) is 11.4 Å². The molecular weight excluding hydrogens is 282 g/mol. The Balaban J connectivity index is 1.84. The summed E-state index contributed by atoms with van der Waals surface area (Å²) in [5, 5.41) is 11.1. The molecule has 0 atom stereocenters. The summed E-state index contributed by atoms with van der Waals surface area (Å²) in [6.07, 6.45) is 3.56. The number of thiazole rings is 1. The Morgan fingerprint density at radius 1 is 1.19 bits per heavy atom. The van der Waals surface area contributed by atoms with Gasteiger partial charge in [0, 0.05) is 18.1 Å². The van der Waals surface area contributed by atoms with Crippen LogP contribution in [0.15, 0.2) is 35.8 Å². The summed E-state index contributed by atoms with van der Waals surface area (Å²) in [5.41, 5.74) is 10.2. The van der Waals surface area contributed by atoms with Gasteiger partial charge in [0.25, 0.3) is 0 Å². The normalized spacial score (nSPS) is 11.0. The van der Waals surface area contributed by atoms with Gasteiger partial charge in [-0.05, 0) is 25.3 Å². The van der Waals surface area contributed by atoms with Crippen molar-refractivity contribution in [3.63, 3.8) is 0 Å². The summed E-state index contributed by atoms with van der Waals surface area (Å²) < 4.78 is 1.81. The Labute approximate surface area is 127 Å². The maximum absolute atomic E-state index is 5.77. The van der Waals surface area contributed by atoms with Crippen molar-refractivity contribution in [3.8, 4) is 5.13 Å². The average Bonchev–Trinajstić information content (AvgIpc) is 3.15. The molecule has 108 valence electrons. The third kappa shape index (κ3) is 3.01. The van der Waals surface area contributed by atoms with Gasteiger partial charge in [-0.15, -0.1) is 16.4 Å². The molecular formula is C15H17N5S. The number of hydrogen-bond acceptors (Lipinski definition) is 5. The fourth-order valence-electron chi connectivity index (χ4n) is 2.23. The minimum atomic E-state index is 0.397. The van der Waals surface area contributed by atoms with E-state index in [1.807, 2.05) is 5.38 Å². The van der Waals surface area contributed by atoms with Crippen LogP contribution < -0.4 is 5.73 Å². The molecule has 0 saturated heterocycles. The van der Waals surface area contributed by atoms with Crippen LogP contribution in [-0.2, 0) is 19.4 Å². The first-order valence-electron chi connectivity index (χ1n) is 6.87. The summed E-state index contributed by atoms with van der Waals surface area (Å²) in [6, 6.07) is 8.59. The maximum Gasteiger partial charge on any atom is 0.211 e. The highest BCUT2D eigenvalue weighted by Gasteiger charge is 2.14. The highest BCUT2D eigenvalue weighted by Crippen LogP contribution is 2.17. The zero-order chi connectivity index (χ0) is 14.7. The van der Waals surface area contributed by atoms with Gasteiger partial charge >= 0.3 is 0 Å². The first kappa shape index (κ1) is 13.9. The number of rotatable bonds is 5. The standard InChI is InChI=1S/C15H17N5S/c1-11-2-4-12(5-3-11)6-7-14-13(10-16)18-19-20(14)15-17-8-9-21-15/h2-5,8-9H,6-7,10,16H2,1H3. The Morgan fingerprint density at radius 3 is 2.67 bits per heavy atom. The second kappa shape index (κ2) is 6.15. The molecule has 2 heterocycles. The van der Waals surface area contributed by atoms with Crippen molar-refractivity contribution in [2.24, 2.45) is 5.73 Å². The molecule has 1 aromatic carbocycles. The van der Waals surface area contributed by atoms with Gasteiger partial charge in [0.1, 0.15) is 0 Å². The van der Waals surface area contributed by atoms with Crippen molar-refractivity contribution in [3.05, 3.63) is 58.4 Å². The molecule has 3 rings (SSSR count). The monoisotopic (exact) mass is 299 g/mol. The molecule has 2 N–H and O–H groups in total. The molecule has 0 aliphatic rings. The molecule has 5 nitrogen and oxygen atoms in total. The molecule has 0 bridgehead atoms. The molecule has 0 saturated carbocycles. The Morgan fingerprint density at radius 2 is 2.00 bits per heavy atom. The van der Waals surface area contributed by atoms with Gasteiger partial charge in [0.2, 0.25) is 5.13 Å². The molecule has 0 fully saturated rings. The zero-order valence-corrected chi connectivity index (χ0v) is 12.7. The number of aromatic nitrogens is 4. The van der Waals surface area contributed by atoms with Gasteiger partial charge in [0.15, 0.2) is 0 Å². The molecule has 0 aliphatic heterocycles. The van der Waals surface area contributed by atoms with Gasteiger partial charge in [-0.3, -0.25) is 0 Å². The molecule has 0 radical (unpaired) electrons. The van der Waals surface area contributed by atoms with E-state index in [1.54, 1.807) is 22.2 Å².